The second kappa shape index (κ2) is 8.87. The Balaban J connectivity index is 1.86. The van der Waals surface area contributed by atoms with Crippen LogP contribution in [0.3, 0.4) is 0 Å². The molecule has 0 unspecified atom stereocenters. The third-order valence-corrected chi connectivity index (χ3v) is 5.59. The first-order valence-electron chi connectivity index (χ1n) is 10.9. The summed E-state index contributed by atoms with van der Waals surface area (Å²) in [5.74, 6) is -0.461. The normalized spacial score (nSPS) is 11.3. The molecule has 0 aliphatic rings. The quantitative estimate of drug-likeness (QED) is 0.448. The van der Waals surface area contributed by atoms with Gasteiger partial charge < -0.3 is 5.32 Å². The van der Waals surface area contributed by atoms with E-state index in [0.717, 1.165) is 16.7 Å². The third kappa shape index (κ3) is 4.62. The van der Waals surface area contributed by atoms with Crippen LogP contribution in [0, 0.1) is 0 Å². The monoisotopic (exact) mass is 437 g/mol. The van der Waals surface area contributed by atoms with E-state index in [-0.39, 0.29) is 11.0 Å². The van der Waals surface area contributed by atoms with E-state index in [1.165, 1.54) is 4.68 Å². The van der Waals surface area contributed by atoms with Crippen LogP contribution in [0.1, 0.15) is 36.7 Å². The summed E-state index contributed by atoms with van der Waals surface area (Å²) in [6, 6.07) is 26.7. The second-order valence-corrected chi connectivity index (χ2v) is 9.04. The molecule has 0 saturated carbocycles. The van der Waals surface area contributed by atoms with Crippen molar-refractivity contribution in [1.82, 2.24) is 9.78 Å². The van der Waals surface area contributed by atoms with E-state index in [0.29, 0.717) is 16.9 Å². The Bertz CT molecular complexity index is 1330. The number of nitrogens with zero attached hydrogens (tertiary/aromatic N) is 2. The van der Waals surface area contributed by atoms with E-state index < -0.39 is 11.5 Å². The molecule has 0 fully saturated rings. The molecule has 0 saturated heterocycles. The van der Waals surface area contributed by atoms with E-state index >= 15 is 0 Å². The number of aryl methyl sites for hydroxylation is 1. The zero-order valence-corrected chi connectivity index (χ0v) is 19.3. The van der Waals surface area contributed by atoms with Gasteiger partial charge in [-0.2, -0.15) is 5.10 Å². The molecule has 0 spiro atoms. The van der Waals surface area contributed by atoms with Crippen LogP contribution in [0.2, 0.25) is 0 Å². The van der Waals surface area contributed by atoms with Crippen molar-refractivity contribution in [3.05, 3.63) is 106 Å². The van der Waals surface area contributed by atoms with Gasteiger partial charge in [0, 0.05) is 23.9 Å². The molecule has 4 rings (SSSR count). The van der Waals surface area contributed by atoms with Crippen LogP contribution < -0.4 is 10.9 Å². The van der Waals surface area contributed by atoms with Gasteiger partial charge in [-0.25, -0.2) is 4.68 Å². The van der Waals surface area contributed by atoms with Gasteiger partial charge in [0.25, 0.3) is 11.5 Å². The number of hydrogen-bond donors (Lipinski definition) is 1. The number of hydrogen-bond acceptors (Lipinski definition) is 3. The first-order chi connectivity index (χ1) is 15.8. The Kier molecular flexibility index (Phi) is 5.97. The Morgan fingerprint density at radius 3 is 1.91 bits per heavy atom. The predicted molar refractivity (Wildman–Crippen MR) is 133 cm³/mol. The largest absolute Gasteiger partial charge is 0.322 e. The maximum Gasteiger partial charge on any atom is 0.280 e. The number of nitrogens with one attached hydrogen (secondary N) is 1. The standard InChI is InChI=1S/C28H27N3O2/c1-28(2,3)21-15-17-22(18-16-21)29-26(32)24-23(19-11-7-5-8-12-19)25(30-31(4)27(24)33)20-13-9-6-10-14-20/h5-18H,1-4H3,(H,29,32). The first-order valence-corrected chi connectivity index (χ1v) is 10.9. The van der Waals surface area contributed by atoms with Crippen molar-refractivity contribution < 1.29 is 4.79 Å². The molecule has 1 N–H and O–H groups in total. The number of benzene rings is 3. The summed E-state index contributed by atoms with van der Waals surface area (Å²) in [5, 5.41) is 7.45. The average Bonchev–Trinajstić information content (AvgIpc) is 2.81. The van der Waals surface area contributed by atoms with Crippen LogP contribution >= 0.6 is 0 Å². The lowest BCUT2D eigenvalue weighted by atomic mass is 9.87. The summed E-state index contributed by atoms with van der Waals surface area (Å²) in [5.41, 5.74) is 4.11. The van der Waals surface area contributed by atoms with Gasteiger partial charge in [-0.1, -0.05) is 93.6 Å². The number of aromatic nitrogens is 2. The van der Waals surface area contributed by atoms with Crippen LogP contribution in [0.5, 0.6) is 0 Å². The van der Waals surface area contributed by atoms with E-state index in [2.05, 4.69) is 31.2 Å². The van der Waals surface area contributed by atoms with Crippen LogP contribution in [0.4, 0.5) is 5.69 Å². The highest BCUT2D eigenvalue weighted by atomic mass is 16.2. The van der Waals surface area contributed by atoms with Crippen LogP contribution in [0.15, 0.2) is 89.7 Å². The van der Waals surface area contributed by atoms with Gasteiger partial charge in [0.15, 0.2) is 0 Å². The average molecular weight is 438 g/mol. The molecule has 0 atom stereocenters. The van der Waals surface area contributed by atoms with Gasteiger partial charge in [-0.05, 0) is 28.7 Å². The molecule has 166 valence electrons. The van der Waals surface area contributed by atoms with Crippen LogP contribution in [-0.4, -0.2) is 15.7 Å². The van der Waals surface area contributed by atoms with Crippen molar-refractivity contribution in [3.8, 4) is 22.4 Å². The lowest BCUT2D eigenvalue weighted by Crippen LogP contribution is -2.31. The van der Waals surface area contributed by atoms with Gasteiger partial charge in [0.2, 0.25) is 0 Å². The van der Waals surface area contributed by atoms with Gasteiger partial charge in [0.1, 0.15) is 5.56 Å². The molecule has 33 heavy (non-hydrogen) atoms. The van der Waals surface area contributed by atoms with Crippen LogP contribution in [0.25, 0.3) is 22.4 Å². The number of amides is 1. The summed E-state index contributed by atoms with van der Waals surface area (Å²) < 4.78 is 1.23. The van der Waals surface area contributed by atoms with E-state index in [1.807, 2.05) is 84.9 Å². The fraction of sp³-hybridized carbons (Fsp3) is 0.179. The predicted octanol–water partition coefficient (Wildman–Crippen LogP) is 5.66. The summed E-state index contributed by atoms with van der Waals surface area (Å²) in [6.45, 7) is 6.41. The Labute approximate surface area is 193 Å². The molecule has 5 nitrogen and oxygen atoms in total. The highest BCUT2D eigenvalue weighted by Gasteiger charge is 2.24. The number of anilines is 1. The fourth-order valence-corrected chi connectivity index (χ4v) is 3.77. The zero-order valence-electron chi connectivity index (χ0n) is 19.3. The molecule has 1 aromatic heterocycles. The van der Waals surface area contributed by atoms with E-state index in [1.54, 1.807) is 7.05 Å². The number of carbonyl (C=O) groups is 1. The summed E-state index contributed by atoms with van der Waals surface area (Å²) in [7, 11) is 1.57. The van der Waals surface area contributed by atoms with E-state index in [9.17, 15) is 9.59 Å². The Morgan fingerprint density at radius 1 is 0.818 bits per heavy atom. The van der Waals surface area contributed by atoms with E-state index in [4.69, 9.17) is 0 Å². The van der Waals surface area contributed by atoms with Gasteiger partial charge in [0.05, 0.1) is 5.69 Å². The van der Waals surface area contributed by atoms with Crippen molar-refractivity contribution in [2.45, 2.75) is 26.2 Å². The van der Waals surface area contributed by atoms with Crippen molar-refractivity contribution in [3.63, 3.8) is 0 Å². The molecule has 4 aromatic rings. The van der Waals surface area contributed by atoms with Crippen molar-refractivity contribution in [2.75, 3.05) is 5.32 Å². The molecule has 0 aliphatic heterocycles. The lowest BCUT2D eigenvalue weighted by molar-refractivity contribution is 0.102. The SMILES string of the molecule is Cn1nc(-c2ccccc2)c(-c2ccccc2)c(C(=O)Nc2ccc(C(C)(C)C)cc2)c1=O. The first kappa shape index (κ1) is 22.2. The summed E-state index contributed by atoms with van der Waals surface area (Å²) >= 11 is 0. The minimum absolute atomic E-state index is 0.00857. The number of carbonyl (C=O) groups excluding carboxylic acids is 1. The molecule has 1 amide bonds. The van der Waals surface area contributed by atoms with Crippen molar-refractivity contribution in [2.24, 2.45) is 7.05 Å². The number of rotatable bonds is 4. The minimum atomic E-state index is -0.461. The topological polar surface area (TPSA) is 64.0 Å². The Morgan fingerprint density at radius 2 is 1.36 bits per heavy atom. The third-order valence-electron chi connectivity index (χ3n) is 5.59. The highest BCUT2D eigenvalue weighted by Crippen LogP contribution is 2.32. The van der Waals surface area contributed by atoms with Gasteiger partial charge in [-0.15, -0.1) is 0 Å². The smallest absolute Gasteiger partial charge is 0.280 e. The second-order valence-electron chi connectivity index (χ2n) is 9.04. The molecule has 0 radical (unpaired) electrons. The molecule has 1 heterocycles. The Hall–Kier alpha value is -3.99. The molecule has 0 aliphatic carbocycles. The molecule has 5 heteroatoms. The summed E-state index contributed by atoms with van der Waals surface area (Å²) in [4.78, 5) is 26.7. The zero-order chi connectivity index (χ0) is 23.6. The maximum atomic E-state index is 13.5. The van der Waals surface area contributed by atoms with Gasteiger partial charge in [-0.3, -0.25) is 9.59 Å². The molecule has 0 bridgehead atoms. The summed E-state index contributed by atoms with van der Waals surface area (Å²) in [6.07, 6.45) is 0. The van der Waals surface area contributed by atoms with Crippen molar-refractivity contribution >= 4 is 11.6 Å². The highest BCUT2D eigenvalue weighted by molar-refractivity contribution is 6.10. The molecular formula is C28H27N3O2. The van der Waals surface area contributed by atoms with Gasteiger partial charge >= 0.3 is 0 Å². The molecular weight excluding hydrogens is 410 g/mol. The molecule has 3 aromatic carbocycles. The minimum Gasteiger partial charge on any atom is -0.322 e. The maximum absolute atomic E-state index is 13.5. The fourth-order valence-electron chi connectivity index (χ4n) is 3.77. The van der Waals surface area contributed by atoms with Crippen LogP contribution in [-0.2, 0) is 12.5 Å². The lowest BCUT2D eigenvalue weighted by Gasteiger charge is -2.19. The van der Waals surface area contributed by atoms with Crippen molar-refractivity contribution in [1.29, 1.82) is 0 Å².